The number of hydrogen-bond donors (Lipinski definition) is 2. The molecule has 4 rings (SSSR count). The Morgan fingerprint density at radius 1 is 0.717 bits per heavy atom. The van der Waals surface area contributed by atoms with Gasteiger partial charge >= 0.3 is 24.0 Å². The van der Waals surface area contributed by atoms with Crippen molar-refractivity contribution < 1.29 is 52.5 Å². The summed E-state index contributed by atoms with van der Waals surface area (Å²) in [5.74, 6) is -5.05. The average molecular weight is 829 g/mol. The monoisotopic (exact) mass is 828 g/mol. The molecule has 0 saturated heterocycles. The van der Waals surface area contributed by atoms with E-state index in [0.29, 0.717) is 29.5 Å². The van der Waals surface area contributed by atoms with E-state index in [2.05, 4.69) is 5.32 Å². The largest absolute Gasteiger partial charge is 0.462 e. The van der Waals surface area contributed by atoms with E-state index in [9.17, 15) is 33.6 Å². The Balaban J connectivity index is 1.62. The van der Waals surface area contributed by atoms with E-state index < -0.39 is 91.9 Å². The number of nitrogens with zero attached hydrogens (tertiary/aromatic N) is 2. The minimum Gasteiger partial charge on any atom is -0.462 e. The summed E-state index contributed by atoms with van der Waals surface area (Å²) in [4.78, 5) is 96.5. The van der Waals surface area contributed by atoms with Crippen molar-refractivity contribution >= 4 is 41.7 Å². The minimum absolute atomic E-state index is 0.0363. The van der Waals surface area contributed by atoms with Crippen LogP contribution >= 0.6 is 0 Å². The second-order valence-corrected chi connectivity index (χ2v) is 15.6. The summed E-state index contributed by atoms with van der Waals surface area (Å²) in [5, 5.41) is 2.47. The molecule has 0 radical (unpaired) electrons. The summed E-state index contributed by atoms with van der Waals surface area (Å²) < 4.78 is 22.0. The highest BCUT2D eigenvalue weighted by Crippen LogP contribution is 2.21. The Morgan fingerprint density at radius 3 is 1.82 bits per heavy atom. The number of amides is 4. The number of esters is 3. The SMILES string of the molecule is CC(C)(C)OC(=O)CN(CCN(C(=O)CC(=O)OCc1ccccc1)[C@@H](Cc1ccccc1)C(N)=O)C(=O)[C@H](CC(=O)OC1CCCCC1)NC(=O)OCc1ccccc1. The molecule has 15 heteroatoms. The Morgan fingerprint density at radius 2 is 1.27 bits per heavy atom. The molecule has 60 heavy (non-hydrogen) atoms. The van der Waals surface area contributed by atoms with Crippen LogP contribution in [0.4, 0.5) is 4.79 Å². The number of primary amides is 1. The van der Waals surface area contributed by atoms with Crippen LogP contribution in [0.3, 0.4) is 0 Å². The molecule has 4 amide bonds. The molecule has 15 nitrogen and oxygen atoms in total. The lowest BCUT2D eigenvalue weighted by molar-refractivity contribution is -0.160. The van der Waals surface area contributed by atoms with Gasteiger partial charge in [0, 0.05) is 19.5 Å². The number of carbonyl (C=O) groups is 7. The molecule has 3 aromatic carbocycles. The molecular formula is C45H56N4O11. The highest BCUT2D eigenvalue weighted by atomic mass is 16.6. The van der Waals surface area contributed by atoms with E-state index in [4.69, 9.17) is 24.7 Å². The van der Waals surface area contributed by atoms with Crippen molar-refractivity contribution in [2.24, 2.45) is 5.73 Å². The summed E-state index contributed by atoms with van der Waals surface area (Å²) in [6.45, 7) is 3.19. The van der Waals surface area contributed by atoms with Gasteiger partial charge in [0.05, 0.1) is 6.42 Å². The van der Waals surface area contributed by atoms with Gasteiger partial charge < -0.3 is 39.8 Å². The number of carbonyl (C=O) groups excluding carboxylic acids is 7. The molecule has 322 valence electrons. The fraction of sp³-hybridized carbons (Fsp3) is 0.444. The molecule has 0 heterocycles. The predicted molar refractivity (Wildman–Crippen MR) is 219 cm³/mol. The number of alkyl carbamates (subject to hydrolysis) is 1. The third-order valence-corrected chi connectivity index (χ3v) is 9.52. The third-order valence-electron chi connectivity index (χ3n) is 9.52. The maximum atomic E-state index is 14.5. The van der Waals surface area contributed by atoms with Crippen LogP contribution in [0.5, 0.6) is 0 Å². The first-order chi connectivity index (χ1) is 28.7. The molecule has 1 aliphatic rings. The van der Waals surface area contributed by atoms with Crippen molar-refractivity contribution in [3.05, 3.63) is 108 Å². The van der Waals surface area contributed by atoms with E-state index >= 15 is 0 Å². The minimum atomic E-state index is -1.58. The number of nitrogens with one attached hydrogen (secondary N) is 1. The van der Waals surface area contributed by atoms with Crippen molar-refractivity contribution in [1.29, 1.82) is 0 Å². The van der Waals surface area contributed by atoms with Gasteiger partial charge in [-0.15, -0.1) is 0 Å². The van der Waals surface area contributed by atoms with Gasteiger partial charge in [-0.1, -0.05) is 97.4 Å². The van der Waals surface area contributed by atoms with Gasteiger partial charge in [0.2, 0.25) is 17.7 Å². The molecule has 0 bridgehead atoms. The molecule has 0 spiro atoms. The molecule has 2 atom stereocenters. The Hall–Kier alpha value is -6.25. The lowest BCUT2D eigenvalue weighted by Gasteiger charge is -2.33. The van der Waals surface area contributed by atoms with Crippen molar-refractivity contribution in [1.82, 2.24) is 15.1 Å². The zero-order valence-electron chi connectivity index (χ0n) is 34.5. The summed E-state index contributed by atoms with van der Waals surface area (Å²) in [7, 11) is 0. The van der Waals surface area contributed by atoms with E-state index in [1.165, 1.54) is 0 Å². The number of ether oxygens (including phenoxy) is 4. The summed E-state index contributed by atoms with van der Waals surface area (Å²) in [5.41, 5.74) is 6.96. The molecule has 3 N–H and O–H groups in total. The van der Waals surface area contributed by atoms with Crippen molar-refractivity contribution in [2.75, 3.05) is 19.6 Å². The van der Waals surface area contributed by atoms with Crippen LogP contribution in [0.1, 0.15) is 82.4 Å². The van der Waals surface area contributed by atoms with Crippen molar-refractivity contribution in [3.8, 4) is 0 Å². The number of hydrogen-bond acceptors (Lipinski definition) is 11. The normalized spacial score (nSPS) is 13.8. The molecule has 1 fully saturated rings. The van der Waals surface area contributed by atoms with Gasteiger partial charge in [-0.2, -0.15) is 0 Å². The zero-order chi connectivity index (χ0) is 43.5. The molecular weight excluding hydrogens is 773 g/mol. The predicted octanol–water partition coefficient (Wildman–Crippen LogP) is 4.78. The summed E-state index contributed by atoms with van der Waals surface area (Å²) in [6.07, 6.45) is 1.33. The van der Waals surface area contributed by atoms with Crippen molar-refractivity contribution in [3.63, 3.8) is 0 Å². The lowest BCUT2D eigenvalue weighted by Crippen LogP contribution is -2.55. The second kappa shape index (κ2) is 23.4. The van der Waals surface area contributed by atoms with Crippen LogP contribution in [0.2, 0.25) is 0 Å². The maximum Gasteiger partial charge on any atom is 0.408 e. The molecule has 3 aromatic rings. The third kappa shape index (κ3) is 16.5. The number of rotatable bonds is 20. The number of benzene rings is 3. The molecule has 1 aliphatic carbocycles. The van der Waals surface area contributed by atoms with Crippen LogP contribution in [-0.4, -0.2) is 94.9 Å². The first-order valence-electron chi connectivity index (χ1n) is 20.2. The van der Waals surface area contributed by atoms with Crippen LogP contribution in [0, 0.1) is 0 Å². The highest BCUT2D eigenvalue weighted by molar-refractivity contribution is 5.97. The van der Waals surface area contributed by atoms with Gasteiger partial charge in [0.1, 0.15) is 50.0 Å². The number of nitrogens with two attached hydrogens (primary N) is 1. The van der Waals surface area contributed by atoms with Crippen LogP contribution in [-0.2, 0) is 67.3 Å². The molecule has 0 aliphatic heterocycles. The zero-order valence-corrected chi connectivity index (χ0v) is 34.5. The fourth-order valence-corrected chi connectivity index (χ4v) is 6.61. The Labute approximate surface area is 350 Å². The lowest BCUT2D eigenvalue weighted by atomic mass is 9.98. The first kappa shape index (κ1) is 46.4. The summed E-state index contributed by atoms with van der Waals surface area (Å²) >= 11 is 0. The highest BCUT2D eigenvalue weighted by Gasteiger charge is 2.35. The molecule has 1 saturated carbocycles. The van der Waals surface area contributed by atoms with Crippen LogP contribution in [0.25, 0.3) is 0 Å². The fourth-order valence-electron chi connectivity index (χ4n) is 6.61. The second-order valence-electron chi connectivity index (χ2n) is 15.6. The van der Waals surface area contributed by atoms with E-state index in [1.807, 2.05) is 0 Å². The molecule has 0 unspecified atom stereocenters. The van der Waals surface area contributed by atoms with Crippen LogP contribution in [0.15, 0.2) is 91.0 Å². The van der Waals surface area contributed by atoms with Crippen molar-refractivity contribution in [2.45, 2.75) is 109 Å². The van der Waals surface area contributed by atoms with Gasteiger partial charge in [-0.25, -0.2) is 4.79 Å². The average Bonchev–Trinajstić information content (AvgIpc) is 3.21. The van der Waals surface area contributed by atoms with E-state index in [0.717, 1.165) is 29.1 Å². The van der Waals surface area contributed by atoms with E-state index in [-0.39, 0.29) is 25.7 Å². The summed E-state index contributed by atoms with van der Waals surface area (Å²) in [6, 6.07) is 23.6. The first-order valence-corrected chi connectivity index (χ1v) is 20.2. The van der Waals surface area contributed by atoms with Gasteiger partial charge in [-0.3, -0.25) is 28.8 Å². The quantitative estimate of drug-likeness (QED) is 0.0903. The maximum absolute atomic E-state index is 14.5. The Bertz CT molecular complexity index is 1880. The van der Waals surface area contributed by atoms with Crippen LogP contribution < -0.4 is 11.1 Å². The standard InChI is InChI=1S/C45H56N4O11/c1-45(2,3)60-41(53)29-48(43(55)36(27-40(52)59-35-22-14-7-15-23-35)47-44(56)58-31-34-20-12-6-13-21-34)24-25-49(37(42(46)54)26-32-16-8-4-9-17-32)38(50)28-39(51)57-30-33-18-10-5-11-19-33/h4-6,8-13,16-21,35-37H,7,14-15,22-31H2,1-3H3,(H2,46,54)(H,47,56)/t36-,37-/m0/s1. The van der Waals surface area contributed by atoms with Gasteiger partial charge in [0.25, 0.3) is 0 Å². The topological polar surface area (TPSA) is 201 Å². The van der Waals surface area contributed by atoms with E-state index in [1.54, 1.807) is 112 Å². The smallest absolute Gasteiger partial charge is 0.408 e. The van der Waals surface area contributed by atoms with Gasteiger partial charge in [-0.05, 0) is 63.1 Å². The molecule has 0 aromatic heterocycles. The van der Waals surface area contributed by atoms with Gasteiger partial charge in [0.15, 0.2) is 0 Å². The Kier molecular flexibility index (Phi) is 18.1.